The van der Waals surface area contributed by atoms with E-state index in [-0.39, 0.29) is 21.5 Å². The molecule has 0 fully saturated rings. The molecule has 1 aromatic rings. The van der Waals surface area contributed by atoms with Crippen molar-refractivity contribution in [3.8, 4) is 0 Å². The van der Waals surface area contributed by atoms with Crippen LogP contribution in [0.25, 0.3) is 0 Å². The Morgan fingerprint density at radius 3 is 2.39 bits per heavy atom. The van der Waals surface area contributed by atoms with Crippen LogP contribution in [0.3, 0.4) is 0 Å². The van der Waals surface area contributed by atoms with Crippen molar-refractivity contribution in [2.45, 2.75) is 19.9 Å². The van der Waals surface area contributed by atoms with Crippen molar-refractivity contribution in [1.29, 1.82) is 0 Å². The molecule has 0 aromatic heterocycles. The number of carbonyl (C=O) groups excluding carboxylic acids is 1. The van der Waals surface area contributed by atoms with E-state index in [0.717, 1.165) is 0 Å². The minimum atomic E-state index is -1.09. The molecule has 1 rings (SSSR count). The van der Waals surface area contributed by atoms with E-state index in [2.05, 4.69) is 5.32 Å². The van der Waals surface area contributed by atoms with Gasteiger partial charge in [-0.3, -0.25) is 4.79 Å². The van der Waals surface area contributed by atoms with E-state index in [0.29, 0.717) is 0 Å². The van der Waals surface area contributed by atoms with E-state index in [1.807, 2.05) is 0 Å². The van der Waals surface area contributed by atoms with Gasteiger partial charge in [-0.1, -0.05) is 43.1 Å². The maximum Gasteiger partial charge on any atom is 0.326 e. The van der Waals surface area contributed by atoms with Crippen LogP contribution in [0.15, 0.2) is 18.2 Å². The Labute approximate surface area is 115 Å². The number of benzene rings is 1. The van der Waals surface area contributed by atoms with Gasteiger partial charge in [0.25, 0.3) is 5.91 Å². The first kappa shape index (κ1) is 14.8. The van der Waals surface area contributed by atoms with Crippen LogP contribution in [0.2, 0.25) is 10.0 Å². The molecule has 6 heteroatoms. The summed E-state index contributed by atoms with van der Waals surface area (Å²) in [5.41, 5.74) is 0.163. The van der Waals surface area contributed by atoms with Gasteiger partial charge in [-0.2, -0.15) is 0 Å². The summed E-state index contributed by atoms with van der Waals surface area (Å²) >= 11 is 11.7. The molecule has 0 aliphatic heterocycles. The van der Waals surface area contributed by atoms with Gasteiger partial charge in [0.05, 0.1) is 15.6 Å². The number of hydrogen-bond donors (Lipinski definition) is 2. The maximum absolute atomic E-state index is 11.9. The van der Waals surface area contributed by atoms with Crippen molar-refractivity contribution in [2.75, 3.05) is 0 Å². The van der Waals surface area contributed by atoms with Gasteiger partial charge in [0, 0.05) is 0 Å². The van der Waals surface area contributed by atoms with Crippen molar-refractivity contribution in [2.24, 2.45) is 5.92 Å². The SMILES string of the molecule is CC(C)[C@H](NC(=O)c1cccc(Cl)c1Cl)C(=O)O. The van der Waals surface area contributed by atoms with Crippen LogP contribution in [-0.4, -0.2) is 23.0 Å². The van der Waals surface area contributed by atoms with E-state index in [1.54, 1.807) is 26.0 Å². The minimum Gasteiger partial charge on any atom is -0.480 e. The molecule has 98 valence electrons. The number of aliphatic carboxylic acids is 1. The molecule has 18 heavy (non-hydrogen) atoms. The fourth-order valence-electron chi connectivity index (χ4n) is 1.41. The molecule has 0 heterocycles. The van der Waals surface area contributed by atoms with Gasteiger partial charge in [0.2, 0.25) is 0 Å². The summed E-state index contributed by atoms with van der Waals surface area (Å²) < 4.78 is 0. The Hall–Kier alpha value is -1.26. The number of hydrogen-bond acceptors (Lipinski definition) is 2. The predicted molar refractivity (Wildman–Crippen MR) is 70.2 cm³/mol. The van der Waals surface area contributed by atoms with Crippen molar-refractivity contribution in [3.63, 3.8) is 0 Å². The third kappa shape index (κ3) is 3.37. The standard InChI is InChI=1S/C12H13Cl2NO3/c1-6(2)10(12(17)18)15-11(16)7-4-3-5-8(13)9(7)14/h3-6,10H,1-2H3,(H,15,16)(H,17,18)/t10-/m0/s1. The molecule has 1 atom stereocenters. The molecule has 0 unspecified atom stereocenters. The topological polar surface area (TPSA) is 66.4 Å². The minimum absolute atomic E-state index is 0.115. The summed E-state index contributed by atoms with van der Waals surface area (Å²) in [6.07, 6.45) is 0. The Balaban J connectivity index is 2.94. The molecular weight excluding hydrogens is 277 g/mol. The zero-order chi connectivity index (χ0) is 13.9. The summed E-state index contributed by atoms with van der Waals surface area (Å²) in [4.78, 5) is 22.9. The van der Waals surface area contributed by atoms with Crippen molar-refractivity contribution in [1.82, 2.24) is 5.32 Å². The zero-order valence-corrected chi connectivity index (χ0v) is 11.4. The second-order valence-electron chi connectivity index (χ2n) is 4.13. The van der Waals surface area contributed by atoms with Crippen LogP contribution >= 0.6 is 23.2 Å². The van der Waals surface area contributed by atoms with Crippen LogP contribution in [0.1, 0.15) is 24.2 Å². The van der Waals surface area contributed by atoms with Crippen LogP contribution < -0.4 is 5.32 Å². The highest BCUT2D eigenvalue weighted by Crippen LogP contribution is 2.25. The lowest BCUT2D eigenvalue weighted by molar-refractivity contribution is -0.140. The number of carboxylic acids is 1. The lowest BCUT2D eigenvalue weighted by atomic mass is 10.0. The molecular formula is C12H13Cl2NO3. The third-order valence-corrected chi connectivity index (χ3v) is 3.23. The quantitative estimate of drug-likeness (QED) is 0.896. The van der Waals surface area contributed by atoms with Gasteiger partial charge in [0.1, 0.15) is 6.04 Å². The summed E-state index contributed by atoms with van der Waals surface area (Å²) in [5.74, 6) is -1.87. The lowest BCUT2D eigenvalue weighted by Gasteiger charge is -2.18. The van der Waals surface area contributed by atoms with Crippen LogP contribution in [-0.2, 0) is 4.79 Å². The van der Waals surface area contributed by atoms with Gasteiger partial charge in [-0.25, -0.2) is 4.79 Å². The highest BCUT2D eigenvalue weighted by atomic mass is 35.5. The Morgan fingerprint density at radius 2 is 1.89 bits per heavy atom. The van der Waals surface area contributed by atoms with Crippen LogP contribution in [0.4, 0.5) is 0 Å². The van der Waals surface area contributed by atoms with E-state index < -0.39 is 17.9 Å². The first-order valence-corrected chi connectivity index (χ1v) is 6.08. The number of halogens is 2. The van der Waals surface area contributed by atoms with E-state index in [9.17, 15) is 9.59 Å². The summed E-state index contributed by atoms with van der Waals surface area (Å²) in [7, 11) is 0. The van der Waals surface area contributed by atoms with Crippen LogP contribution in [0.5, 0.6) is 0 Å². The molecule has 1 amide bonds. The molecule has 0 saturated heterocycles. The molecule has 2 N–H and O–H groups in total. The van der Waals surface area contributed by atoms with Gasteiger partial charge in [-0.05, 0) is 18.1 Å². The molecule has 0 aliphatic rings. The summed E-state index contributed by atoms with van der Waals surface area (Å²) in [6, 6.07) is 3.65. The normalized spacial score (nSPS) is 12.3. The number of amides is 1. The van der Waals surface area contributed by atoms with Crippen molar-refractivity contribution in [3.05, 3.63) is 33.8 Å². The fourth-order valence-corrected chi connectivity index (χ4v) is 1.80. The molecule has 0 radical (unpaired) electrons. The second kappa shape index (κ2) is 6.07. The van der Waals surface area contributed by atoms with E-state index in [1.165, 1.54) is 6.07 Å². The number of carbonyl (C=O) groups is 2. The van der Waals surface area contributed by atoms with Crippen molar-refractivity contribution >= 4 is 35.1 Å². The molecule has 0 aliphatic carbocycles. The van der Waals surface area contributed by atoms with Crippen molar-refractivity contribution < 1.29 is 14.7 Å². The molecule has 0 saturated carbocycles. The largest absolute Gasteiger partial charge is 0.480 e. The molecule has 4 nitrogen and oxygen atoms in total. The molecule has 1 aromatic carbocycles. The fraction of sp³-hybridized carbons (Fsp3) is 0.333. The van der Waals surface area contributed by atoms with Crippen LogP contribution in [0, 0.1) is 5.92 Å². The van der Waals surface area contributed by atoms with Gasteiger partial charge in [-0.15, -0.1) is 0 Å². The molecule has 0 spiro atoms. The van der Waals surface area contributed by atoms with Gasteiger partial charge < -0.3 is 10.4 Å². The smallest absolute Gasteiger partial charge is 0.326 e. The number of carboxylic acid groups (broad SMARTS) is 1. The average Bonchev–Trinajstić information content (AvgIpc) is 2.28. The van der Waals surface area contributed by atoms with Gasteiger partial charge >= 0.3 is 5.97 Å². The summed E-state index contributed by atoms with van der Waals surface area (Å²) in [5, 5.41) is 11.8. The highest BCUT2D eigenvalue weighted by molar-refractivity contribution is 6.43. The third-order valence-electron chi connectivity index (χ3n) is 2.42. The second-order valence-corrected chi connectivity index (χ2v) is 4.92. The Bertz CT molecular complexity index is 474. The lowest BCUT2D eigenvalue weighted by Crippen LogP contribution is -2.44. The van der Waals surface area contributed by atoms with E-state index >= 15 is 0 Å². The Morgan fingerprint density at radius 1 is 1.28 bits per heavy atom. The number of rotatable bonds is 4. The van der Waals surface area contributed by atoms with E-state index in [4.69, 9.17) is 28.3 Å². The average molecular weight is 290 g/mol. The zero-order valence-electron chi connectivity index (χ0n) is 9.91. The monoisotopic (exact) mass is 289 g/mol. The molecule has 0 bridgehead atoms. The summed E-state index contributed by atoms with van der Waals surface area (Å²) in [6.45, 7) is 3.41. The number of nitrogens with one attached hydrogen (secondary N) is 1. The maximum atomic E-state index is 11.9. The van der Waals surface area contributed by atoms with Gasteiger partial charge in [0.15, 0.2) is 0 Å². The first-order valence-electron chi connectivity index (χ1n) is 5.32. The highest BCUT2D eigenvalue weighted by Gasteiger charge is 2.25. The Kier molecular flexibility index (Phi) is 4.99. The first-order chi connectivity index (χ1) is 8.34. The predicted octanol–water partition coefficient (Wildman–Crippen LogP) is 2.83.